The topological polar surface area (TPSA) is 151 Å². The third kappa shape index (κ3) is 7.12. The fraction of sp³-hybridized carbons (Fsp3) is 0.400. The second kappa shape index (κ2) is 9.99. The van der Waals surface area contributed by atoms with Gasteiger partial charge in [0.25, 0.3) is 0 Å². The van der Waals surface area contributed by atoms with Gasteiger partial charge in [-0.1, -0.05) is 0 Å². The van der Waals surface area contributed by atoms with Gasteiger partial charge in [0.1, 0.15) is 5.82 Å². The van der Waals surface area contributed by atoms with Gasteiger partial charge in [0.15, 0.2) is 11.5 Å². The summed E-state index contributed by atoms with van der Waals surface area (Å²) in [5, 5.41) is 18.9. The van der Waals surface area contributed by atoms with Crippen LogP contribution in [-0.2, 0) is 20.7 Å². The van der Waals surface area contributed by atoms with E-state index in [0.29, 0.717) is 12.1 Å². The number of alkyl halides is 3. The lowest BCUT2D eigenvalue weighted by molar-refractivity contribution is -0.139. The number of nitrogens with zero attached hydrogens (tertiary/aromatic N) is 3. The fourth-order valence-electron chi connectivity index (χ4n) is 2.16. The summed E-state index contributed by atoms with van der Waals surface area (Å²) in [5.74, 6) is -2.09. The number of benzene rings is 1. The second-order valence-corrected chi connectivity index (χ2v) is 7.55. The Labute approximate surface area is 173 Å². The number of rotatable bonds is 9. The molecule has 31 heavy (non-hydrogen) atoms. The van der Waals surface area contributed by atoms with Gasteiger partial charge in [0.2, 0.25) is 5.82 Å². The molecule has 0 bridgehead atoms. The molecule has 0 saturated carbocycles. The molecule has 16 heteroatoms. The van der Waals surface area contributed by atoms with Crippen LogP contribution in [0.4, 0.5) is 29.1 Å². The minimum atomic E-state index is -4.95. The monoisotopic (exact) mass is 470 g/mol. The molecule has 0 atom stereocenters. The SMILES string of the molecule is CC(C)NS(=O)(=O)OCCNc1nonc1C(=Nc1ccc(F)c(C(F)(F)F)c1)NO. The molecule has 11 nitrogen and oxygen atoms in total. The number of anilines is 1. The Hall–Kier alpha value is -2.82. The molecular weight excluding hydrogens is 452 g/mol. The van der Waals surface area contributed by atoms with Crippen molar-refractivity contribution in [1.82, 2.24) is 20.5 Å². The Balaban J connectivity index is 2.14. The van der Waals surface area contributed by atoms with Crippen LogP contribution in [-0.4, -0.2) is 49.0 Å². The highest BCUT2D eigenvalue weighted by Crippen LogP contribution is 2.33. The number of aromatic nitrogens is 2. The van der Waals surface area contributed by atoms with Crippen LogP contribution in [0.2, 0.25) is 0 Å². The molecule has 1 heterocycles. The highest BCUT2D eigenvalue weighted by atomic mass is 32.2. The molecule has 0 fully saturated rings. The van der Waals surface area contributed by atoms with Crippen molar-refractivity contribution < 1.29 is 40.0 Å². The average molecular weight is 470 g/mol. The summed E-state index contributed by atoms with van der Waals surface area (Å²) < 4.78 is 86.5. The Morgan fingerprint density at radius 3 is 2.65 bits per heavy atom. The molecule has 0 radical (unpaired) electrons. The molecule has 1 aromatic carbocycles. The van der Waals surface area contributed by atoms with Crippen molar-refractivity contribution in [3.05, 3.63) is 35.3 Å². The summed E-state index contributed by atoms with van der Waals surface area (Å²) in [5.41, 5.74) is -0.508. The zero-order valence-electron chi connectivity index (χ0n) is 16.1. The van der Waals surface area contributed by atoms with Crippen LogP contribution in [0.25, 0.3) is 0 Å². The number of aliphatic imine (C=N–C) groups is 1. The predicted molar refractivity (Wildman–Crippen MR) is 98.5 cm³/mol. The van der Waals surface area contributed by atoms with Crippen LogP contribution in [0.1, 0.15) is 25.1 Å². The fourth-order valence-corrected chi connectivity index (χ4v) is 3.11. The smallest absolute Gasteiger partial charge is 0.363 e. The van der Waals surface area contributed by atoms with Gasteiger partial charge in [-0.25, -0.2) is 14.0 Å². The summed E-state index contributed by atoms with van der Waals surface area (Å²) in [4.78, 5) is 3.74. The molecule has 2 aromatic rings. The van der Waals surface area contributed by atoms with E-state index in [1.165, 1.54) is 0 Å². The van der Waals surface area contributed by atoms with Crippen molar-refractivity contribution in [3.8, 4) is 0 Å². The highest BCUT2D eigenvalue weighted by molar-refractivity contribution is 7.84. The summed E-state index contributed by atoms with van der Waals surface area (Å²) in [6.07, 6.45) is -4.95. The van der Waals surface area contributed by atoms with Gasteiger partial charge >= 0.3 is 16.5 Å². The first kappa shape index (κ1) is 24.4. The van der Waals surface area contributed by atoms with Crippen LogP contribution in [0.3, 0.4) is 0 Å². The quantitative estimate of drug-likeness (QED) is 0.142. The summed E-state index contributed by atoms with van der Waals surface area (Å²) in [6, 6.07) is 1.58. The maximum absolute atomic E-state index is 13.4. The zero-order chi connectivity index (χ0) is 23.2. The van der Waals surface area contributed by atoms with E-state index in [1.807, 2.05) is 0 Å². The number of hydrogen-bond donors (Lipinski definition) is 4. The van der Waals surface area contributed by atoms with Crippen molar-refractivity contribution in [1.29, 1.82) is 0 Å². The Kier molecular flexibility index (Phi) is 7.88. The summed E-state index contributed by atoms with van der Waals surface area (Å²) in [7, 11) is -3.96. The van der Waals surface area contributed by atoms with E-state index >= 15 is 0 Å². The third-order valence-electron chi connectivity index (χ3n) is 3.33. The summed E-state index contributed by atoms with van der Waals surface area (Å²) >= 11 is 0. The van der Waals surface area contributed by atoms with Gasteiger partial charge in [0.05, 0.1) is 17.9 Å². The van der Waals surface area contributed by atoms with E-state index in [4.69, 9.17) is 4.18 Å². The largest absolute Gasteiger partial charge is 0.419 e. The van der Waals surface area contributed by atoms with Crippen LogP contribution in [0.15, 0.2) is 27.8 Å². The first-order chi connectivity index (χ1) is 14.4. The zero-order valence-corrected chi connectivity index (χ0v) is 16.9. The third-order valence-corrected chi connectivity index (χ3v) is 4.57. The number of halogens is 4. The standard InChI is InChI=1S/C15H18F4N6O5S/c1-8(2)25-31(27,28)29-6-5-20-13-12(23-30-24-13)14(22-26)21-9-3-4-11(16)10(7-9)15(17,18)19/h3-4,7-8,25-26H,5-6H2,1-2H3,(H,20,24)(H,21,22). The van der Waals surface area contributed by atoms with Crippen LogP contribution < -0.4 is 15.5 Å². The normalized spacial score (nSPS) is 13.0. The molecule has 2 rings (SSSR count). The average Bonchev–Trinajstić information content (AvgIpc) is 3.11. The maximum atomic E-state index is 13.4. The van der Waals surface area contributed by atoms with E-state index in [9.17, 15) is 31.2 Å². The van der Waals surface area contributed by atoms with Crippen molar-refractivity contribution >= 4 is 27.6 Å². The van der Waals surface area contributed by atoms with E-state index < -0.39 is 33.7 Å². The molecule has 172 valence electrons. The first-order valence-corrected chi connectivity index (χ1v) is 9.93. The van der Waals surface area contributed by atoms with Gasteiger partial charge in [-0.15, -0.1) is 0 Å². The number of nitrogens with one attached hydrogen (secondary N) is 3. The molecule has 0 amide bonds. The van der Waals surface area contributed by atoms with Crippen LogP contribution in [0, 0.1) is 5.82 Å². The molecule has 0 aliphatic rings. The first-order valence-electron chi connectivity index (χ1n) is 8.52. The lowest BCUT2D eigenvalue weighted by Crippen LogP contribution is -2.33. The van der Waals surface area contributed by atoms with E-state index in [-0.39, 0.29) is 36.4 Å². The number of hydrogen-bond acceptors (Lipinski definition) is 9. The molecule has 0 spiro atoms. The van der Waals surface area contributed by atoms with Gasteiger partial charge in [-0.3, -0.25) is 14.9 Å². The molecule has 1 aromatic heterocycles. The number of amidine groups is 1. The Morgan fingerprint density at radius 2 is 2.03 bits per heavy atom. The molecule has 0 unspecified atom stereocenters. The van der Waals surface area contributed by atoms with Crippen LogP contribution >= 0.6 is 0 Å². The van der Waals surface area contributed by atoms with E-state index in [2.05, 4.69) is 30.0 Å². The second-order valence-electron chi connectivity index (χ2n) is 6.17. The number of hydroxylamine groups is 1. The maximum Gasteiger partial charge on any atom is 0.419 e. The molecule has 0 aliphatic heterocycles. The highest BCUT2D eigenvalue weighted by Gasteiger charge is 2.34. The lowest BCUT2D eigenvalue weighted by Gasteiger charge is -2.10. The minimum Gasteiger partial charge on any atom is -0.363 e. The van der Waals surface area contributed by atoms with E-state index in [0.717, 1.165) is 6.07 Å². The molecular formula is C15H18F4N6O5S. The van der Waals surface area contributed by atoms with E-state index in [1.54, 1.807) is 19.3 Å². The van der Waals surface area contributed by atoms with Crippen molar-refractivity contribution in [2.45, 2.75) is 26.1 Å². The lowest BCUT2D eigenvalue weighted by atomic mass is 10.2. The summed E-state index contributed by atoms with van der Waals surface area (Å²) in [6.45, 7) is 2.79. The van der Waals surface area contributed by atoms with Gasteiger partial charge < -0.3 is 5.32 Å². The molecule has 4 N–H and O–H groups in total. The predicted octanol–water partition coefficient (Wildman–Crippen LogP) is 1.96. The van der Waals surface area contributed by atoms with Gasteiger partial charge in [-0.2, -0.15) is 26.3 Å². The van der Waals surface area contributed by atoms with Crippen molar-refractivity contribution in [2.24, 2.45) is 4.99 Å². The van der Waals surface area contributed by atoms with Crippen LogP contribution in [0.5, 0.6) is 0 Å². The molecule has 0 saturated heterocycles. The van der Waals surface area contributed by atoms with Crippen molar-refractivity contribution in [2.75, 3.05) is 18.5 Å². The van der Waals surface area contributed by atoms with Crippen molar-refractivity contribution in [3.63, 3.8) is 0 Å². The van der Waals surface area contributed by atoms with Gasteiger partial charge in [0, 0.05) is 12.6 Å². The Bertz CT molecular complexity index is 1030. The Morgan fingerprint density at radius 1 is 1.32 bits per heavy atom. The van der Waals surface area contributed by atoms with Gasteiger partial charge in [-0.05, 0) is 42.4 Å². The minimum absolute atomic E-state index is 0.103. The molecule has 0 aliphatic carbocycles.